The summed E-state index contributed by atoms with van der Waals surface area (Å²) in [6.07, 6.45) is -4.37. The second kappa shape index (κ2) is 12.1. The van der Waals surface area contributed by atoms with Gasteiger partial charge in [-0.25, -0.2) is 0 Å². The molecule has 0 N–H and O–H groups in total. The highest BCUT2D eigenvalue weighted by atomic mass is 16.7. The van der Waals surface area contributed by atoms with Crippen LogP contribution in [0.5, 0.6) is 0 Å². The Hall–Kier alpha value is -3.02. The second-order valence-corrected chi connectivity index (χ2v) is 8.50. The Morgan fingerprint density at radius 3 is 2.23 bits per heavy atom. The third-order valence-electron chi connectivity index (χ3n) is 5.68. The molecule has 0 saturated carbocycles. The quantitative estimate of drug-likeness (QED) is 0.363. The number of ether oxygens (including phenoxy) is 5. The van der Waals surface area contributed by atoms with Crippen LogP contribution in [0.2, 0.25) is 0 Å². The van der Waals surface area contributed by atoms with E-state index in [4.69, 9.17) is 28.5 Å². The first-order chi connectivity index (χ1) is 16.7. The Balaban J connectivity index is 1.94. The van der Waals surface area contributed by atoms with Crippen LogP contribution in [0.1, 0.15) is 33.3 Å². The van der Waals surface area contributed by atoms with Gasteiger partial charge >= 0.3 is 23.9 Å². The number of hydrogen-bond acceptors (Lipinski definition) is 11. The van der Waals surface area contributed by atoms with Gasteiger partial charge in [0, 0.05) is 40.2 Å². The van der Waals surface area contributed by atoms with Crippen LogP contribution in [0.4, 0.5) is 0 Å². The summed E-state index contributed by atoms with van der Waals surface area (Å²) in [5, 5.41) is 1.74. The highest BCUT2D eigenvalue weighted by molar-refractivity contribution is 5.68. The molecule has 0 aromatic heterocycles. The third-order valence-corrected chi connectivity index (χ3v) is 5.68. The van der Waals surface area contributed by atoms with E-state index in [1.165, 1.54) is 27.7 Å². The average Bonchev–Trinajstić information content (AvgIpc) is 3.18. The van der Waals surface area contributed by atoms with Gasteiger partial charge in [-0.05, 0) is 5.56 Å². The van der Waals surface area contributed by atoms with E-state index in [0.29, 0.717) is 13.2 Å². The number of carbonyl (C=O) groups is 4. The Morgan fingerprint density at radius 1 is 0.943 bits per heavy atom. The molecule has 0 radical (unpaired) electrons. The number of carbonyl (C=O) groups excluding carboxylic acids is 4. The number of nitrogens with zero attached hydrogens (tertiary/aromatic N) is 1. The molecule has 2 fully saturated rings. The highest BCUT2D eigenvalue weighted by Gasteiger charge is 2.54. The van der Waals surface area contributed by atoms with Crippen molar-refractivity contribution in [2.24, 2.45) is 5.92 Å². The smallest absolute Gasteiger partial charge is 0.303 e. The van der Waals surface area contributed by atoms with Gasteiger partial charge in [-0.2, -0.15) is 5.06 Å². The first-order valence-corrected chi connectivity index (χ1v) is 11.4. The first kappa shape index (κ1) is 26.6. The van der Waals surface area contributed by atoms with Crippen LogP contribution in [0.3, 0.4) is 0 Å². The number of hydrogen-bond donors (Lipinski definition) is 0. The Bertz CT molecular complexity index is 907. The van der Waals surface area contributed by atoms with Gasteiger partial charge in [-0.3, -0.25) is 24.0 Å². The lowest BCUT2D eigenvalue weighted by Gasteiger charge is -2.44. The predicted molar refractivity (Wildman–Crippen MR) is 118 cm³/mol. The lowest BCUT2D eigenvalue weighted by atomic mass is 9.86. The van der Waals surface area contributed by atoms with Crippen LogP contribution >= 0.6 is 0 Å². The van der Waals surface area contributed by atoms with Crippen molar-refractivity contribution in [2.75, 3.05) is 19.8 Å². The van der Waals surface area contributed by atoms with Gasteiger partial charge in [0.2, 0.25) is 0 Å². The van der Waals surface area contributed by atoms with Crippen LogP contribution in [-0.2, 0) is 54.2 Å². The second-order valence-electron chi connectivity index (χ2n) is 8.50. The van der Waals surface area contributed by atoms with E-state index in [-0.39, 0.29) is 19.1 Å². The van der Waals surface area contributed by atoms with E-state index >= 15 is 0 Å². The molecule has 11 heteroatoms. The zero-order chi connectivity index (χ0) is 25.5. The molecule has 192 valence electrons. The predicted octanol–water partition coefficient (Wildman–Crippen LogP) is 1.18. The standard InChI is InChI=1S/C24H31NO10/c1-14(26)30-13-20(33-15(2)27)22(34-16(3)28)24-23(35-17(4)29)21-19(11-31-24)12-32-25(21)10-18-8-6-5-7-9-18/h5-9,19-24H,10-13H2,1-4H3/t19-,20+,21+,22-,23-,24+/m0/s1. The largest absolute Gasteiger partial charge is 0.462 e. The zero-order valence-electron chi connectivity index (χ0n) is 20.2. The minimum atomic E-state index is -1.22. The summed E-state index contributed by atoms with van der Waals surface area (Å²) in [6, 6.07) is 9.20. The molecule has 2 aliphatic rings. The maximum Gasteiger partial charge on any atom is 0.303 e. The molecule has 6 atom stereocenters. The van der Waals surface area contributed by atoms with Crippen molar-refractivity contribution < 1.29 is 47.7 Å². The van der Waals surface area contributed by atoms with Crippen molar-refractivity contribution in [1.29, 1.82) is 0 Å². The Labute approximate surface area is 203 Å². The van der Waals surface area contributed by atoms with E-state index < -0.39 is 54.3 Å². The maximum atomic E-state index is 12.1. The summed E-state index contributed by atoms with van der Waals surface area (Å²) in [7, 11) is 0. The van der Waals surface area contributed by atoms with Gasteiger partial charge in [0.15, 0.2) is 12.2 Å². The lowest BCUT2D eigenvalue weighted by Crippen LogP contribution is -2.62. The topological polar surface area (TPSA) is 127 Å². The molecule has 2 heterocycles. The van der Waals surface area contributed by atoms with Crippen LogP contribution in [0, 0.1) is 5.92 Å². The molecule has 2 aliphatic heterocycles. The van der Waals surface area contributed by atoms with Crippen LogP contribution < -0.4 is 0 Å². The van der Waals surface area contributed by atoms with Gasteiger partial charge in [-0.1, -0.05) is 30.3 Å². The molecule has 1 aromatic carbocycles. The van der Waals surface area contributed by atoms with Crippen LogP contribution in [0.25, 0.3) is 0 Å². The summed E-state index contributed by atoms with van der Waals surface area (Å²) >= 11 is 0. The number of esters is 4. The van der Waals surface area contributed by atoms with Crippen molar-refractivity contribution in [2.45, 2.75) is 64.7 Å². The van der Waals surface area contributed by atoms with Crippen molar-refractivity contribution in [3.05, 3.63) is 35.9 Å². The van der Waals surface area contributed by atoms with E-state index in [2.05, 4.69) is 0 Å². The fraction of sp³-hybridized carbons (Fsp3) is 0.583. The molecular formula is C24H31NO10. The van der Waals surface area contributed by atoms with Crippen molar-refractivity contribution in [3.8, 4) is 0 Å². The summed E-state index contributed by atoms with van der Waals surface area (Å²) in [4.78, 5) is 53.3. The van der Waals surface area contributed by atoms with Gasteiger partial charge in [0.1, 0.15) is 18.8 Å². The Kier molecular flexibility index (Phi) is 9.19. The van der Waals surface area contributed by atoms with E-state index in [0.717, 1.165) is 5.56 Å². The molecular weight excluding hydrogens is 462 g/mol. The Morgan fingerprint density at radius 2 is 1.63 bits per heavy atom. The molecule has 0 aliphatic carbocycles. The normalized spacial score (nSPS) is 25.6. The minimum Gasteiger partial charge on any atom is -0.462 e. The summed E-state index contributed by atoms with van der Waals surface area (Å²) < 4.78 is 27.7. The molecule has 35 heavy (non-hydrogen) atoms. The van der Waals surface area contributed by atoms with E-state index in [1.54, 1.807) is 5.06 Å². The maximum absolute atomic E-state index is 12.1. The molecule has 3 rings (SSSR count). The molecule has 0 bridgehead atoms. The molecule has 11 nitrogen and oxygen atoms in total. The lowest BCUT2D eigenvalue weighted by molar-refractivity contribution is -0.232. The number of rotatable bonds is 9. The van der Waals surface area contributed by atoms with Gasteiger partial charge in [0.05, 0.1) is 19.3 Å². The molecule has 1 aromatic rings. The fourth-order valence-corrected chi connectivity index (χ4v) is 4.39. The minimum absolute atomic E-state index is 0.127. The van der Waals surface area contributed by atoms with E-state index in [9.17, 15) is 19.2 Å². The number of hydroxylamine groups is 2. The summed E-state index contributed by atoms with van der Waals surface area (Å²) in [5.41, 5.74) is 0.988. The van der Waals surface area contributed by atoms with Gasteiger partial charge in [0.25, 0.3) is 0 Å². The molecule has 0 unspecified atom stereocenters. The van der Waals surface area contributed by atoms with Crippen molar-refractivity contribution in [1.82, 2.24) is 5.06 Å². The van der Waals surface area contributed by atoms with Crippen molar-refractivity contribution in [3.63, 3.8) is 0 Å². The molecule has 0 spiro atoms. The van der Waals surface area contributed by atoms with Crippen LogP contribution in [-0.4, -0.2) is 79.2 Å². The van der Waals surface area contributed by atoms with Gasteiger partial charge < -0.3 is 23.7 Å². The third kappa shape index (κ3) is 7.23. The van der Waals surface area contributed by atoms with Crippen LogP contribution in [0.15, 0.2) is 30.3 Å². The fourth-order valence-electron chi connectivity index (χ4n) is 4.39. The highest BCUT2D eigenvalue weighted by Crippen LogP contribution is 2.36. The monoisotopic (exact) mass is 493 g/mol. The average molecular weight is 494 g/mol. The zero-order valence-corrected chi connectivity index (χ0v) is 20.2. The molecule has 0 amide bonds. The summed E-state index contributed by atoms with van der Waals surface area (Å²) in [6.45, 7) is 5.45. The molecule has 2 saturated heterocycles. The van der Waals surface area contributed by atoms with Crippen molar-refractivity contribution >= 4 is 23.9 Å². The number of fused-ring (bicyclic) bond motifs is 1. The summed E-state index contributed by atoms with van der Waals surface area (Å²) in [5.74, 6) is -2.65. The first-order valence-electron chi connectivity index (χ1n) is 11.4. The van der Waals surface area contributed by atoms with E-state index in [1.807, 2.05) is 30.3 Å². The number of benzene rings is 1. The SMILES string of the molecule is CC(=O)OC[C@@H](OC(C)=O)[C@H](OC(C)=O)[C@H]1OC[C@H]2CON(Cc3ccccc3)[C@H]2[C@@H]1OC(C)=O. The van der Waals surface area contributed by atoms with Gasteiger partial charge in [-0.15, -0.1) is 0 Å².